The number of hydrogen-bond acceptors (Lipinski definition) is 6. The quantitative estimate of drug-likeness (QED) is 0.771. The number of ether oxygens (including phenoxy) is 1. The second kappa shape index (κ2) is 4.34. The minimum absolute atomic E-state index is 0.0121. The summed E-state index contributed by atoms with van der Waals surface area (Å²) in [5.74, 6) is 0.0506. The van der Waals surface area contributed by atoms with Crippen LogP contribution in [-0.2, 0) is 4.74 Å². The fraction of sp³-hybridized carbons (Fsp3) is 0.667. The van der Waals surface area contributed by atoms with Crippen LogP contribution in [-0.4, -0.2) is 47.1 Å². The molecule has 2 heterocycles. The SMILES string of the molecule is CC1CN(c2nc(O)cs2)CC(CO)O1. The average Bonchev–Trinajstić information content (AvgIpc) is 2.64. The van der Waals surface area contributed by atoms with Crippen LogP contribution in [0.15, 0.2) is 5.38 Å². The Morgan fingerprint density at radius 3 is 3.07 bits per heavy atom. The van der Waals surface area contributed by atoms with Crippen molar-refractivity contribution in [1.82, 2.24) is 4.98 Å². The molecule has 15 heavy (non-hydrogen) atoms. The molecule has 2 N–H and O–H groups in total. The van der Waals surface area contributed by atoms with Gasteiger partial charge in [0.05, 0.1) is 24.2 Å². The van der Waals surface area contributed by atoms with Crippen molar-refractivity contribution in [3.8, 4) is 5.88 Å². The number of thiazole rings is 1. The minimum Gasteiger partial charge on any atom is -0.493 e. The van der Waals surface area contributed by atoms with Crippen LogP contribution in [0.5, 0.6) is 5.88 Å². The molecule has 2 unspecified atom stereocenters. The summed E-state index contributed by atoms with van der Waals surface area (Å²) in [5, 5.41) is 20.6. The van der Waals surface area contributed by atoms with E-state index in [1.165, 1.54) is 11.3 Å². The number of anilines is 1. The lowest BCUT2D eigenvalue weighted by Crippen LogP contribution is -2.48. The molecular formula is C9H14N2O3S. The van der Waals surface area contributed by atoms with Crippen molar-refractivity contribution in [1.29, 1.82) is 0 Å². The molecule has 1 saturated heterocycles. The molecule has 0 aromatic carbocycles. The molecule has 0 saturated carbocycles. The Balaban J connectivity index is 2.08. The average molecular weight is 230 g/mol. The smallest absolute Gasteiger partial charge is 0.223 e. The van der Waals surface area contributed by atoms with Crippen molar-refractivity contribution in [2.75, 3.05) is 24.6 Å². The van der Waals surface area contributed by atoms with Gasteiger partial charge < -0.3 is 19.8 Å². The Kier molecular flexibility index (Phi) is 3.08. The second-order valence-corrected chi connectivity index (χ2v) is 4.48. The van der Waals surface area contributed by atoms with Crippen LogP contribution in [0.25, 0.3) is 0 Å². The topological polar surface area (TPSA) is 65.8 Å². The Morgan fingerprint density at radius 2 is 2.47 bits per heavy atom. The number of hydrogen-bond donors (Lipinski definition) is 2. The minimum atomic E-state index is -0.167. The number of aliphatic hydroxyl groups excluding tert-OH is 1. The van der Waals surface area contributed by atoms with Gasteiger partial charge in [0.25, 0.3) is 0 Å². The van der Waals surface area contributed by atoms with Gasteiger partial charge in [-0.05, 0) is 6.92 Å². The summed E-state index contributed by atoms with van der Waals surface area (Å²) in [6, 6.07) is 0. The highest BCUT2D eigenvalue weighted by atomic mass is 32.1. The maximum absolute atomic E-state index is 9.16. The molecule has 1 aromatic rings. The largest absolute Gasteiger partial charge is 0.493 e. The molecule has 6 heteroatoms. The number of aliphatic hydroxyl groups is 1. The zero-order valence-electron chi connectivity index (χ0n) is 8.46. The van der Waals surface area contributed by atoms with Crippen molar-refractivity contribution in [3.63, 3.8) is 0 Å². The summed E-state index contributed by atoms with van der Waals surface area (Å²) < 4.78 is 5.52. The molecule has 0 aliphatic carbocycles. The van der Waals surface area contributed by atoms with E-state index >= 15 is 0 Å². The molecule has 1 aromatic heterocycles. The van der Waals surface area contributed by atoms with Gasteiger partial charge in [-0.15, -0.1) is 11.3 Å². The van der Waals surface area contributed by atoms with Crippen molar-refractivity contribution in [3.05, 3.63) is 5.38 Å². The molecule has 84 valence electrons. The Hall–Kier alpha value is -0.850. The monoisotopic (exact) mass is 230 g/mol. The summed E-state index contributed by atoms with van der Waals surface area (Å²) in [5.41, 5.74) is 0. The van der Waals surface area contributed by atoms with Crippen molar-refractivity contribution < 1.29 is 14.9 Å². The molecule has 0 bridgehead atoms. The summed E-state index contributed by atoms with van der Waals surface area (Å²) in [6.45, 7) is 3.33. The summed E-state index contributed by atoms with van der Waals surface area (Å²) in [7, 11) is 0. The van der Waals surface area contributed by atoms with Gasteiger partial charge in [0.2, 0.25) is 5.88 Å². The molecule has 5 nitrogen and oxygen atoms in total. The Morgan fingerprint density at radius 1 is 1.67 bits per heavy atom. The Bertz CT molecular complexity index is 331. The first kappa shape index (κ1) is 10.7. The van der Waals surface area contributed by atoms with E-state index in [0.717, 1.165) is 11.7 Å². The van der Waals surface area contributed by atoms with Crippen LogP contribution in [0.3, 0.4) is 0 Å². The van der Waals surface area contributed by atoms with Gasteiger partial charge in [0, 0.05) is 13.1 Å². The molecule has 1 aliphatic heterocycles. The number of morpholine rings is 1. The van der Waals surface area contributed by atoms with E-state index in [4.69, 9.17) is 14.9 Å². The highest BCUT2D eigenvalue weighted by Crippen LogP contribution is 2.26. The third kappa shape index (κ3) is 2.39. The first-order chi connectivity index (χ1) is 7.19. The van der Waals surface area contributed by atoms with Gasteiger partial charge in [-0.2, -0.15) is 4.98 Å². The van der Waals surface area contributed by atoms with Crippen LogP contribution >= 0.6 is 11.3 Å². The summed E-state index contributed by atoms with van der Waals surface area (Å²) in [4.78, 5) is 6.03. The van der Waals surface area contributed by atoms with Crippen LogP contribution in [0, 0.1) is 0 Å². The zero-order valence-corrected chi connectivity index (χ0v) is 9.28. The first-order valence-corrected chi connectivity index (χ1v) is 5.72. The van der Waals surface area contributed by atoms with Gasteiger partial charge in [-0.25, -0.2) is 0 Å². The predicted molar refractivity (Wildman–Crippen MR) is 57.4 cm³/mol. The molecule has 0 amide bonds. The number of rotatable bonds is 2. The number of aromatic nitrogens is 1. The maximum atomic E-state index is 9.16. The highest BCUT2D eigenvalue weighted by Gasteiger charge is 2.26. The molecule has 1 fully saturated rings. The van der Waals surface area contributed by atoms with Crippen molar-refractivity contribution in [2.45, 2.75) is 19.1 Å². The van der Waals surface area contributed by atoms with E-state index in [-0.39, 0.29) is 24.7 Å². The number of aromatic hydroxyl groups is 1. The third-order valence-electron chi connectivity index (χ3n) is 2.28. The molecule has 0 radical (unpaired) electrons. The molecular weight excluding hydrogens is 216 g/mol. The van der Waals surface area contributed by atoms with E-state index in [1.807, 2.05) is 11.8 Å². The van der Waals surface area contributed by atoms with Gasteiger partial charge in [0.1, 0.15) is 0 Å². The molecule has 2 atom stereocenters. The van der Waals surface area contributed by atoms with E-state index in [0.29, 0.717) is 6.54 Å². The number of nitrogens with zero attached hydrogens (tertiary/aromatic N) is 2. The summed E-state index contributed by atoms with van der Waals surface area (Å²) >= 11 is 1.40. The first-order valence-electron chi connectivity index (χ1n) is 4.85. The van der Waals surface area contributed by atoms with Crippen LogP contribution in [0.2, 0.25) is 0 Å². The van der Waals surface area contributed by atoms with E-state index < -0.39 is 0 Å². The highest BCUT2D eigenvalue weighted by molar-refractivity contribution is 7.13. The fourth-order valence-corrected chi connectivity index (χ4v) is 2.41. The van der Waals surface area contributed by atoms with Gasteiger partial charge >= 0.3 is 0 Å². The van der Waals surface area contributed by atoms with E-state index in [9.17, 15) is 0 Å². The summed E-state index contributed by atoms with van der Waals surface area (Å²) in [6.07, 6.45) is -0.0956. The van der Waals surface area contributed by atoms with Crippen LogP contribution in [0.4, 0.5) is 5.13 Å². The van der Waals surface area contributed by atoms with E-state index in [2.05, 4.69) is 4.98 Å². The van der Waals surface area contributed by atoms with E-state index in [1.54, 1.807) is 5.38 Å². The maximum Gasteiger partial charge on any atom is 0.223 e. The molecule has 2 rings (SSSR count). The van der Waals surface area contributed by atoms with Gasteiger partial charge in [-0.3, -0.25) is 0 Å². The van der Waals surface area contributed by atoms with Crippen molar-refractivity contribution in [2.24, 2.45) is 0 Å². The molecule has 1 aliphatic rings. The molecule has 0 spiro atoms. The fourth-order valence-electron chi connectivity index (χ4n) is 1.70. The van der Waals surface area contributed by atoms with Gasteiger partial charge in [0.15, 0.2) is 5.13 Å². The van der Waals surface area contributed by atoms with Crippen LogP contribution in [0.1, 0.15) is 6.92 Å². The lowest BCUT2D eigenvalue weighted by molar-refractivity contribution is -0.0421. The van der Waals surface area contributed by atoms with Gasteiger partial charge in [-0.1, -0.05) is 0 Å². The third-order valence-corrected chi connectivity index (χ3v) is 3.17. The van der Waals surface area contributed by atoms with Crippen LogP contribution < -0.4 is 4.90 Å². The zero-order chi connectivity index (χ0) is 10.8. The van der Waals surface area contributed by atoms with Crippen molar-refractivity contribution >= 4 is 16.5 Å². The normalized spacial score (nSPS) is 26.9. The Labute approximate surface area is 91.9 Å². The second-order valence-electron chi connectivity index (χ2n) is 3.64. The lowest BCUT2D eigenvalue weighted by Gasteiger charge is -2.35. The lowest BCUT2D eigenvalue weighted by atomic mass is 10.2. The predicted octanol–water partition coefficient (Wildman–Crippen LogP) is 0.435. The standard InChI is InChI=1S/C9H14N2O3S/c1-6-2-11(3-7(4-12)14-6)9-10-8(13)5-15-9/h5-7,12-13H,2-4H2,1H3.